The Morgan fingerprint density at radius 2 is 2.15 bits per heavy atom. The standard InChI is InChI=1S/C14H14N2O2S2/c1-9-4-2-3-5-10(9)16-12(17)8-11(13(16)18)20-14-15-6-7-19-14/h2-5,11H,6-8H2,1H3/t11-/m0/s1. The Kier molecular flexibility index (Phi) is 3.85. The van der Waals surface area contributed by atoms with Crippen LogP contribution in [0, 0.1) is 6.92 Å². The highest BCUT2D eigenvalue weighted by Crippen LogP contribution is 2.35. The monoisotopic (exact) mass is 306 g/mol. The molecule has 0 saturated carbocycles. The predicted octanol–water partition coefficient (Wildman–Crippen LogP) is 2.46. The second-order valence-electron chi connectivity index (χ2n) is 4.66. The molecule has 1 aromatic rings. The third-order valence-corrected chi connectivity index (χ3v) is 5.65. The number of carbonyl (C=O) groups is 2. The number of carbonyl (C=O) groups excluding carboxylic acids is 2. The average Bonchev–Trinajstić information content (AvgIpc) is 3.01. The van der Waals surface area contributed by atoms with Gasteiger partial charge in [-0.25, -0.2) is 4.90 Å². The fraction of sp³-hybridized carbons (Fsp3) is 0.357. The number of rotatable bonds is 2. The van der Waals surface area contributed by atoms with Crippen molar-refractivity contribution < 1.29 is 9.59 Å². The summed E-state index contributed by atoms with van der Waals surface area (Å²) >= 11 is 3.10. The molecule has 0 radical (unpaired) electrons. The fourth-order valence-electron chi connectivity index (χ4n) is 2.27. The van der Waals surface area contributed by atoms with Gasteiger partial charge in [-0.15, -0.1) is 0 Å². The molecule has 2 aliphatic heterocycles. The normalized spacial score (nSPS) is 22.6. The lowest BCUT2D eigenvalue weighted by Crippen LogP contribution is -2.31. The summed E-state index contributed by atoms with van der Waals surface area (Å²) < 4.78 is 0.933. The number of para-hydroxylation sites is 1. The smallest absolute Gasteiger partial charge is 0.247 e. The predicted molar refractivity (Wildman–Crippen MR) is 84.4 cm³/mol. The summed E-state index contributed by atoms with van der Waals surface area (Å²) in [5.41, 5.74) is 1.64. The Morgan fingerprint density at radius 1 is 1.35 bits per heavy atom. The quantitative estimate of drug-likeness (QED) is 0.788. The Balaban J connectivity index is 1.82. The van der Waals surface area contributed by atoms with E-state index in [9.17, 15) is 9.59 Å². The van der Waals surface area contributed by atoms with E-state index >= 15 is 0 Å². The van der Waals surface area contributed by atoms with Crippen molar-refractivity contribution in [2.75, 3.05) is 17.2 Å². The van der Waals surface area contributed by atoms with Crippen molar-refractivity contribution in [3.05, 3.63) is 29.8 Å². The molecule has 0 aliphatic carbocycles. The molecule has 4 nitrogen and oxygen atoms in total. The van der Waals surface area contributed by atoms with E-state index in [4.69, 9.17) is 0 Å². The van der Waals surface area contributed by atoms with E-state index in [2.05, 4.69) is 4.99 Å². The lowest BCUT2D eigenvalue weighted by molar-refractivity contribution is -0.121. The highest BCUT2D eigenvalue weighted by Gasteiger charge is 2.41. The number of thioether (sulfide) groups is 2. The molecule has 1 aromatic carbocycles. The number of nitrogens with zero attached hydrogens (tertiary/aromatic N) is 2. The zero-order valence-electron chi connectivity index (χ0n) is 11.0. The molecular formula is C14H14N2O2S2. The summed E-state index contributed by atoms with van der Waals surface area (Å²) in [5, 5.41) is -0.327. The summed E-state index contributed by atoms with van der Waals surface area (Å²) in [6, 6.07) is 7.48. The molecular weight excluding hydrogens is 292 g/mol. The Morgan fingerprint density at radius 3 is 2.85 bits per heavy atom. The average molecular weight is 306 g/mol. The van der Waals surface area contributed by atoms with Gasteiger partial charge < -0.3 is 0 Å². The van der Waals surface area contributed by atoms with Gasteiger partial charge >= 0.3 is 0 Å². The van der Waals surface area contributed by atoms with Gasteiger partial charge in [-0.3, -0.25) is 14.6 Å². The fourth-order valence-corrected chi connectivity index (χ4v) is 4.52. The molecule has 1 saturated heterocycles. The van der Waals surface area contributed by atoms with Crippen molar-refractivity contribution in [1.82, 2.24) is 0 Å². The van der Waals surface area contributed by atoms with Crippen LogP contribution in [0.4, 0.5) is 5.69 Å². The molecule has 6 heteroatoms. The van der Waals surface area contributed by atoms with Gasteiger partial charge in [0.05, 0.1) is 12.2 Å². The maximum Gasteiger partial charge on any atom is 0.247 e. The SMILES string of the molecule is Cc1ccccc1N1C(=O)C[C@H](SC2=NCCS2)C1=O. The molecule has 1 fully saturated rings. The lowest BCUT2D eigenvalue weighted by Gasteiger charge is -2.17. The Labute approximate surface area is 126 Å². The lowest BCUT2D eigenvalue weighted by atomic mass is 10.2. The number of aryl methyl sites for hydroxylation is 1. The maximum absolute atomic E-state index is 12.5. The first-order valence-corrected chi connectivity index (χ1v) is 8.29. The second-order valence-corrected chi connectivity index (χ2v) is 7.19. The summed E-state index contributed by atoms with van der Waals surface area (Å²) in [7, 11) is 0. The number of aliphatic imine (C=N–C) groups is 1. The minimum absolute atomic E-state index is 0.120. The zero-order chi connectivity index (χ0) is 14.1. The van der Waals surface area contributed by atoms with Gasteiger partial charge in [0.15, 0.2) is 0 Å². The highest BCUT2D eigenvalue weighted by molar-refractivity contribution is 8.39. The van der Waals surface area contributed by atoms with Crippen LogP contribution >= 0.6 is 23.5 Å². The van der Waals surface area contributed by atoms with Crippen LogP contribution in [-0.2, 0) is 9.59 Å². The van der Waals surface area contributed by atoms with Crippen LogP contribution < -0.4 is 4.90 Å². The van der Waals surface area contributed by atoms with Gasteiger partial charge in [-0.05, 0) is 18.6 Å². The van der Waals surface area contributed by atoms with Gasteiger partial charge in [0.25, 0.3) is 0 Å². The number of imide groups is 1. The topological polar surface area (TPSA) is 49.7 Å². The van der Waals surface area contributed by atoms with E-state index in [0.29, 0.717) is 5.69 Å². The molecule has 0 N–H and O–H groups in total. The van der Waals surface area contributed by atoms with E-state index in [0.717, 1.165) is 22.2 Å². The molecule has 0 unspecified atom stereocenters. The third-order valence-electron chi connectivity index (χ3n) is 3.26. The van der Waals surface area contributed by atoms with E-state index in [1.807, 2.05) is 31.2 Å². The first-order valence-electron chi connectivity index (χ1n) is 6.43. The number of hydrogen-bond donors (Lipinski definition) is 0. The van der Waals surface area contributed by atoms with E-state index < -0.39 is 0 Å². The maximum atomic E-state index is 12.5. The molecule has 2 amide bonds. The van der Waals surface area contributed by atoms with Crippen molar-refractivity contribution in [2.45, 2.75) is 18.6 Å². The van der Waals surface area contributed by atoms with E-state index in [-0.39, 0.29) is 23.5 Å². The Hall–Kier alpha value is -1.27. The van der Waals surface area contributed by atoms with Crippen molar-refractivity contribution >= 4 is 45.4 Å². The molecule has 2 heterocycles. The minimum atomic E-state index is -0.327. The third kappa shape index (κ3) is 2.50. The summed E-state index contributed by atoms with van der Waals surface area (Å²) in [4.78, 5) is 30.3. The van der Waals surface area contributed by atoms with Crippen molar-refractivity contribution in [2.24, 2.45) is 4.99 Å². The molecule has 104 valence electrons. The number of benzene rings is 1. The molecule has 20 heavy (non-hydrogen) atoms. The Bertz CT molecular complexity index is 601. The van der Waals surface area contributed by atoms with Crippen LogP contribution in [-0.4, -0.2) is 33.7 Å². The van der Waals surface area contributed by atoms with E-state index in [1.165, 1.54) is 16.7 Å². The molecule has 1 atom stereocenters. The van der Waals surface area contributed by atoms with Crippen LogP contribution in [0.3, 0.4) is 0 Å². The first-order chi connectivity index (χ1) is 9.66. The van der Waals surface area contributed by atoms with Gasteiger partial charge in [0.2, 0.25) is 11.8 Å². The summed E-state index contributed by atoms with van der Waals surface area (Å²) in [5.74, 6) is 0.730. The van der Waals surface area contributed by atoms with Gasteiger partial charge in [-0.2, -0.15) is 0 Å². The number of hydrogen-bond acceptors (Lipinski definition) is 5. The first kappa shape index (κ1) is 13.7. The molecule has 0 aromatic heterocycles. The van der Waals surface area contributed by atoms with Crippen molar-refractivity contribution in [3.63, 3.8) is 0 Å². The minimum Gasteiger partial charge on any atom is -0.274 e. The largest absolute Gasteiger partial charge is 0.274 e. The van der Waals surface area contributed by atoms with Crippen LogP contribution in [0.2, 0.25) is 0 Å². The summed E-state index contributed by atoms with van der Waals surface area (Å²) in [6.45, 7) is 2.72. The van der Waals surface area contributed by atoms with Crippen LogP contribution in [0.25, 0.3) is 0 Å². The van der Waals surface area contributed by atoms with Crippen molar-refractivity contribution in [3.8, 4) is 0 Å². The summed E-state index contributed by atoms with van der Waals surface area (Å²) in [6.07, 6.45) is 0.261. The van der Waals surface area contributed by atoms with Gasteiger partial charge in [0.1, 0.15) is 9.63 Å². The second kappa shape index (κ2) is 5.61. The van der Waals surface area contributed by atoms with Gasteiger partial charge in [0, 0.05) is 12.2 Å². The number of amides is 2. The number of anilines is 1. The zero-order valence-corrected chi connectivity index (χ0v) is 12.7. The van der Waals surface area contributed by atoms with Crippen molar-refractivity contribution in [1.29, 1.82) is 0 Å². The molecule has 0 bridgehead atoms. The van der Waals surface area contributed by atoms with Crippen LogP contribution in [0.1, 0.15) is 12.0 Å². The molecule has 2 aliphatic rings. The van der Waals surface area contributed by atoms with Gasteiger partial charge in [-0.1, -0.05) is 41.7 Å². The van der Waals surface area contributed by atoms with Crippen LogP contribution in [0.5, 0.6) is 0 Å². The van der Waals surface area contributed by atoms with Crippen LogP contribution in [0.15, 0.2) is 29.3 Å². The molecule has 3 rings (SSSR count). The highest BCUT2D eigenvalue weighted by atomic mass is 32.2. The van der Waals surface area contributed by atoms with E-state index in [1.54, 1.807) is 11.8 Å². The molecule has 0 spiro atoms.